The van der Waals surface area contributed by atoms with Crippen LogP contribution in [0.4, 0.5) is 0 Å². The van der Waals surface area contributed by atoms with Crippen LogP contribution in [0.1, 0.15) is 40.2 Å². The fourth-order valence-electron chi connectivity index (χ4n) is 3.43. The Labute approximate surface area is 228 Å². The van der Waals surface area contributed by atoms with E-state index in [2.05, 4.69) is 92.7 Å². The predicted octanol–water partition coefficient (Wildman–Crippen LogP) is -0.0360. The van der Waals surface area contributed by atoms with E-state index in [9.17, 15) is 0 Å². The van der Waals surface area contributed by atoms with Gasteiger partial charge in [-0.2, -0.15) is 0 Å². The molecule has 2 aromatic carbocycles. The molecule has 0 heterocycles. The van der Waals surface area contributed by atoms with Crippen LogP contribution in [0.3, 0.4) is 0 Å². The third kappa shape index (κ3) is 5.33. The molecule has 3 rings (SSSR count). The maximum absolute atomic E-state index is 2.37. The topological polar surface area (TPSA) is 0 Å². The van der Waals surface area contributed by atoms with E-state index in [0.717, 1.165) is 6.42 Å². The maximum Gasteiger partial charge on any atom is 1.00 e. The molecule has 23 heavy (non-hydrogen) atoms. The SMILES string of the molecule is CC(C)(C1=CC=CC1)C(c1ccccc1)c1ccccc1.[H-].[H-].[K+].[K+]. The Morgan fingerprint density at radius 1 is 0.826 bits per heavy atom. The van der Waals surface area contributed by atoms with Crippen LogP contribution in [-0.2, 0) is 0 Å². The Hall–Kier alpha value is 1.19. The normalized spacial score (nSPS) is 13.3. The number of benzene rings is 2. The number of hydrogen-bond donors (Lipinski definition) is 0. The summed E-state index contributed by atoms with van der Waals surface area (Å²) in [5.74, 6) is 0.381. The van der Waals surface area contributed by atoms with E-state index >= 15 is 0 Å². The summed E-state index contributed by atoms with van der Waals surface area (Å²) >= 11 is 0. The van der Waals surface area contributed by atoms with Gasteiger partial charge in [0.2, 0.25) is 0 Å². The molecule has 0 radical (unpaired) electrons. The van der Waals surface area contributed by atoms with Gasteiger partial charge in [0, 0.05) is 5.92 Å². The van der Waals surface area contributed by atoms with E-state index in [0.29, 0.717) is 5.92 Å². The molecule has 2 aromatic rings. The number of rotatable bonds is 4. The van der Waals surface area contributed by atoms with E-state index in [1.165, 1.54) is 16.7 Å². The van der Waals surface area contributed by atoms with Crippen LogP contribution in [0.2, 0.25) is 0 Å². The molecule has 2 heteroatoms. The van der Waals surface area contributed by atoms with Gasteiger partial charge in [-0.05, 0) is 23.0 Å². The van der Waals surface area contributed by atoms with Crippen LogP contribution >= 0.6 is 0 Å². The Balaban J connectivity index is 0. The van der Waals surface area contributed by atoms with Gasteiger partial charge in [-0.1, -0.05) is 98.3 Å². The molecule has 0 amide bonds. The molecule has 0 bridgehead atoms. The average Bonchev–Trinajstić information content (AvgIpc) is 3.04. The molecule has 0 atom stereocenters. The second kappa shape index (κ2) is 10.4. The summed E-state index contributed by atoms with van der Waals surface area (Å²) in [4.78, 5) is 0. The van der Waals surface area contributed by atoms with Gasteiger partial charge in [0.1, 0.15) is 0 Å². The van der Waals surface area contributed by atoms with E-state index in [1.807, 2.05) is 0 Å². The first-order valence-corrected chi connectivity index (χ1v) is 7.65. The maximum atomic E-state index is 2.37. The van der Waals surface area contributed by atoms with E-state index in [1.54, 1.807) is 0 Å². The summed E-state index contributed by atoms with van der Waals surface area (Å²) in [6.07, 6.45) is 7.80. The van der Waals surface area contributed by atoms with Gasteiger partial charge in [-0.25, -0.2) is 0 Å². The monoisotopic (exact) mass is 354 g/mol. The molecule has 0 aromatic heterocycles. The zero-order valence-corrected chi connectivity index (χ0v) is 21.0. The Bertz CT molecular complexity index is 625. The van der Waals surface area contributed by atoms with Crippen molar-refractivity contribution in [3.05, 3.63) is 95.6 Å². The first-order valence-electron chi connectivity index (χ1n) is 7.65. The van der Waals surface area contributed by atoms with Crippen LogP contribution in [0.15, 0.2) is 84.5 Å². The van der Waals surface area contributed by atoms with Crippen molar-refractivity contribution in [1.82, 2.24) is 0 Å². The van der Waals surface area contributed by atoms with Crippen molar-refractivity contribution in [2.75, 3.05) is 0 Å². The zero-order valence-electron chi connectivity index (χ0n) is 16.8. The van der Waals surface area contributed by atoms with Crippen molar-refractivity contribution >= 4 is 0 Å². The van der Waals surface area contributed by atoms with Crippen LogP contribution in [-0.4, -0.2) is 0 Å². The summed E-state index contributed by atoms with van der Waals surface area (Å²) in [6.45, 7) is 4.74. The average molecular weight is 355 g/mol. The van der Waals surface area contributed by atoms with Crippen molar-refractivity contribution in [2.45, 2.75) is 26.2 Å². The van der Waals surface area contributed by atoms with E-state index in [-0.39, 0.29) is 111 Å². The minimum atomic E-state index is 0. The minimum absolute atomic E-state index is 0. The molecule has 0 aliphatic heterocycles. The van der Waals surface area contributed by atoms with Gasteiger partial charge in [0.15, 0.2) is 0 Å². The Morgan fingerprint density at radius 3 is 1.70 bits per heavy atom. The van der Waals surface area contributed by atoms with Crippen LogP contribution in [0.5, 0.6) is 0 Å². The third-order valence-corrected chi connectivity index (χ3v) is 4.59. The van der Waals surface area contributed by atoms with Crippen molar-refractivity contribution < 1.29 is 106 Å². The van der Waals surface area contributed by atoms with Gasteiger partial charge in [0.25, 0.3) is 0 Å². The molecule has 0 saturated heterocycles. The van der Waals surface area contributed by atoms with Crippen molar-refractivity contribution in [3.63, 3.8) is 0 Å². The van der Waals surface area contributed by atoms with Gasteiger partial charge in [-0.15, -0.1) is 0 Å². The molecule has 0 N–H and O–H groups in total. The molecule has 1 aliphatic rings. The number of hydrogen-bond acceptors (Lipinski definition) is 0. The second-order valence-electron chi connectivity index (χ2n) is 6.30. The van der Waals surface area contributed by atoms with Crippen molar-refractivity contribution in [3.8, 4) is 0 Å². The first kappa shape index (κ1) is 22.2. The predicted molar refractivity (Wildman–Crippen MR) is 92.6 cm³/mol. The van der Waals surface area contributed by atoms with Gasteiger partial charge in [0.05, 0.1) is 0 Å². The first-order chi connectivity index (χ1) is 10.2. The summed E-state index contributed by atoms with van der Waals surface area (Å²) in [6, 6.07) is 21.8. The molecular weight excluding hydrogens is 330 g/mol. The summed E-state index contributed by atoms with van der Waals surface area (Å²) in [5, 5.41) is 0. The second-order valence-corrected chi connectivity index (χ2v) is 6.30. The van der Waals surface area contributed by atoms with E-state index < -0.39 is 0 Å². The van der Waals surface area contributed by atoms with Gasteiger partial charge < -0.3 is 2.85 Å². The van der Waals surface area contributed by atoms with Crippen molar-refractivity contribution in [2.24, 2.45) is 5.41 Å². The summed E-state index contributed by atoms with van der Waals surface area (Å²) in [7, 11) is 0. The smallest absolute Gasteiger partial charge is 1.00 e. The zero-order chi connectivity index (χ0) is 14.7. The van der Waals surface area contributed by atoms with Crippen LogP contribution < -0.4 is 103 Å². The fourth-order valence-corrected chi connectivity index (χ4v) is 3.43. The molecule has 0 fully saturated rings. The number of allylic oxidation sites excluding steroid dienone is 4. The standard InChI is InChI=1S/C21H22.2K.2H/c1-21(2,19-15-9-10-16-19)20(17-11-5-3-6-12-17)18-13-7-4-8-14-18;;;;/h3-15,20H,16H2,1-2H3;;;;/q;2*+1;2*-1. The van der Waals surface area contributed by atoms with Crippen LogP contribution in [0, 0.1) is 5.41 Å². The van der Waals surface area contributed by atoms with Crippen molar-refractivity contribution in [1.29, 1.82) is 0 Å². The largest absolute Gasteiger partial charge is 1.00 e. The quantitative estimate of drug-likeness (QED) is 0.676. The van der Waals surface area contributed by atoms with Gasteiger partial charge >= 0.3 is 103 Å². The van der Waals surface area contributed by atoms with Gasteiger partial charge in [-0.3, -0.25) is 0 Å². The molecule has 1 aliphatic carbocycles. The Kier molecular flexibility index (Phi) is 10.0. The van der Waals surface area contributed by atoms with Crippen LogP contribution in [0.25, 0.3) is 0 Å². The molecule has 0 nitrogen and oxygen atoms in total. The van der Waals surface area contributed by atoms with E-state index in [4.69, 9.17) is 0 Å². The fraction of sp³-hybridized carbons (Fsp3) is 0.238. The molecular formula is C21H24K2. The molecule has 0 spiro atoms. The minimum Gasteiger partial charge on any atom is -1.00 e. The third-order valence-electron chi connectivity index (χ3n) is 4.59. The molecule has 110 valence electrons. The summed E-state index contributed by atoms with van der Waals surface area (Å²) in [5.41, 5.74) is 4.40. The molecule has 0 saturated carbocycles. The Morgan fingerprint density at radius 2 is 1.30 bits per heavy atom. The summed E-state index contributed by atoms with van der Waals surface area (Å²) < 4.78 is 0. The molecule has 0 unspecified atom stereocenters.